The number of rotatable bonds is 5. The summed E-state index contributed by atoms with van der Waals surface area (Å²) in [6.45, 7) is 3.68. The highest BCUT2D eigenvalue weighted by Crippen LogP contribution is 2.19. The number of benzene rings is 1. The topological polar surface area (TPSA) is 100 Å². The van der Waals surface area contributed by atoms with Gasteiger partial charge in [0, 0.05) is 31.5 Å². The smallest absolute Gasteiger partial charge is 0.263 e. The predicted octanol–water partition coefficient (Wildman–Crippen LogP) is 1.59. The lowest BCUT2D eigenvalue weighted by Crippen LogP contribution is -2.34. The first-order chi connectivity index (χ1) is 13.8. The lowest BCUT2D eigenvalue weighted by Gasteiger charge is -2.12. The van der Waals surface area contributed by atoms with Crippen LogP contribution < -0.4 is 16.2 Å². The lowest BCUT2D eigenvalue weighted by molar-refractivity contribution is 0.0950. The first-order valence-corrected chi connectivity index (χ1v) is 9.44. The van der Waals surface area contributed by atoms with Gasteiger partial charge in [-0.25, -0.2) is 4.39 Å². The number of amides is 2. The Labute approximate surface area is 168 Å². The minimum atomic E-state index is -0.588. The Morgan fingerprint density at radius 1 is 1.24 bits per heavy atom. The van der Waals surface area contributed by atoms with Gasteiger partial charge in [0.25, 0.3) is 17.4 Å². The fourth-order valence-electron chi connectivity index (χ4n) is 2.68. The molecule has 0 spiro atoms. The number of hydrogen-bond acceptors (Lipinski definition) is 4. The molecule has 0 atom stereocenters. The van der Waals surface area contributed by atoms with Crippen molar-refractivity contribution < 1.29 is 19.1 Å². The number of nitrogens with one attached hydrogen (secondary N) is 2. The van der Waals surface area contributed by atoms with Crippen LogP contribution in [-0.4, -0.2) is 41.2 Å². The lowest BCUT2D eigenvalue weighted by atomic mass is 10.1. The van der Waals surface area contributed by atoms with Crippen LogP contribution in [0.1, 0.15) is 51.6 Å². The van der Waals surface area contributed by atoms with E-state index in [-0.39, 0.29) is 36.2 Å². The molecule has 1 aromatic carbocycles. The number of carbonyl (C=O) groups excluding carboxylic acids is 2. The summed E-state index contributed by atoms with van der Waals surface area (Å²) >= 11 is 0. The normalized spacial score (nSPS) is 12.6. The van der Waals surface area contributed by atoms with Gasteiger partial charge in [-0.05, 0) is 38.8 Å². The Hall–Kier alpha value is -3.00. The van der Waals surface area contributed by atoms with Gasteiger partial charge in [-0.2, -0.15) is 0 Å². The zero-order chi connectivity index (χ0) is 21.6. The Balaban J connectivity index is 0.000000941. The fraction of sp³-hybridized carbons (Fsp3) is 0.381. The summed E-state index contributed by atoms with van der Waals surface area (Å²) in [4.78, 5) is 37.0. The maximum absolute atomic E-state index is 14.1. The molecule has 3 rings (SSSR count). The van der Waals surface area contributed by atoms with Gasteiger partial charge < -0.3 is 20.3 Å². The third-order valence-corrected chi connectivity index (χ3v) is 4.27. The molecule has 0 unspecified atom stereocenters. The summed E-state index contributed by atoms with van der Waals surface area (Å²) in [5.74, 6) is -1.39. The van der Waals surface area contributed by atoms with Crippen LogP contribution in [0.25, 0.3) is 0 Å². The molecule has 156 valence electrons. The Morgan fingerprint density at radius 2 is 1.90 bits per heavy atom. The number of hydrogen-bond donors (Lipinski definition) is 3. The van der Waals surface area contributed by atoms with Crippen LogP contribution >= 0.6 is 0 Å². The molecule has 0 bridgehead atoms. The summed E-state index contributed by atoms with van der Waals surface area (Å²) in [6.07, 6.45) is 3.21. The average molecular weight is 403 g/mol. The van der Waals surface area contributed by atoms with Crippen LogP contribution in [0, 0.1) is 12.7 Å². The van der Waals surface area contributed by atoms with Gasteiger partial charge in [0.1, 0.15) is 11.4 Å². The number of carbonyl (C=O) groups is 2. The number of aliphatic hydroxyl groups is 1. The van der Waals surface area contributed by atoms with Gasteiger partial charge in [0.2, 0.25) is 0 Å². The monoisotopic (exact) mass is 403 g/mol. The molecule has 1 fully saturated rings. The number of aryl methyl sites for hydroxylation is 1. The molecule has 1 heterocycles. The first-order valence-electron chi connectivity index (χ1n) is 9.44. The molecule has 1 aliphatic rings. The van der Waals surface area contributed by atoms with Crippen LogP contribution in [0.4, 0.5) is 4.39 Å². The molecule has 2 amide bonds. The number of halogens is 1. The second-order valence-corrected chi connectivity index (χ2v) is 6.81. The molecule has 1 aliphatic carbocycles. The maximum atomic E-state index is 14.1. The molecule has 3 N–H and O–H groups in total. The summed E-state index contributed by atoms with van der Waals surface area (Å²) in [5, 5.41) is 12.8. The van der Waals surface area contributed by atoms with E-state index < -0.39 is 17.3 Å². The number of aliphatic hydroxyl groups excluding tert-OH is 1. The second-order valence-electron chi connectivity index (χ2n) is 6.81. The third kappa shape index (κ3) is 5.99. The van der Waals surface area contributed by atoms with Crippen LogP contribution in [0.15, 0.2) is 35.3 Å². The fourth-order valence-corrected chi connectivity index (χ4v) is 2.68. The number of pyridine rings is 1. The summed E-state index contributed by atoms with van der Waals surface area (Å²) < 4.78 is 15.3. The molecular weight excluding hydrogens is 377 g/mol. The number of nitrogens with zero attached hydrogens (tertiary/aromatic N) is 1. The molecule has 2 aromatic rings. The van der Waals surface area contributed by atoms with Crippen molar-refractivity contribution in [2.75, 3.05) is 13.7 Å². The molecule has 7 nitrogen and oxygen atoms in total. The van der Waals surface area contributed by atoms with Crippen LogP contribution in [0.2, 0.25) is 0 Å². The van der Waals surface area contributed by atoms with Gasteiger partial charge in [0.15, 0.2) is 0 Å². The molecule has 1 aromatic heterocycles. The van der Waals surface area contributed by atoms with Crippen LogP contribution in [0.5, 0.6) is 0 Å². The van der Waals surface area contributed by atoms with E-state index in [4.69, 9.17) is 5.11 Å². The SMILES string of the molecule is CCO.CNC(=O)c1cc(C(=O)NC2CC2)cn(Cc2cc(C)ccc2F)c1=O. The molecule has 8 heteroatoms. The maximum Gasteiger partial charge on any atom is 0.263 e. The van der Waals surface area contributed by atoms with Crippen molar-refractivity contribution in [1.29, 1.82) is 0 Å². The van der Waals surface area contributed by atoms with Crippen molar-refractivity contribution in [2.24, 2.45) is 0 Å². The predicted molar refractivity (Wildman–Crippen MR) is 108 cm³/mol. The van der Waals surface area contributed by atoms with Gasteiger partial charge >= 0.3 is 0 Å². The zero-order valence-electron chi connectivity index (χ0n) is 16.8. The Morgan fingerprint density at radius 3 is 2.48 bits per heavy atom. The van der Waals surface area contributed by atoms with Gasteiger partial charge in [-0.15, -0.1) is 0 Å². The molecular formula is C21H26FN3O4. The van der Waals surface area contributed by atoms with E-state index in [2.05, 4.69) is 10.6 Å². The molecule has 0 saturated heterocycles. The highest BCUT2D eigenvalue weighted by molar-refractivity contribution is 5.99. The largest absolute Gasteiger partial charge is 0.397 e. The highest BCUT2D eigenvalue weighted by Gasteiger charge is 2.25. The average Bonchev–Trinajstić information content (AvgIpc) is 3.50. The second kappa shape index (κ2) is 9.97. The van der Waals surface area contributed by atoms with Crippen molar-refractivity contribution in [3.05, 3.63) is 68.9 Å². The number of aromatic nitrogens is 1. The minimum Gasteiger partial charge on any atom is -0.397 e. The summed E-state index contributed by atoms with van der Waals surface area (Å²) in [5.41, 5.74) is 0.638. The first kappa shape index (κ1) is 22.3. The van der Waals surface area contributed by atoms with Gasteiger partial charge in [-0.3, -0.25) is 14.4 Å². The van der Waals surface area contributed by atoms with Gasteiger partial charge in [0.05, 0.1) is 12.1 Å². The van der Waals surface area contributed by atoms with E-state index in [0.29, 0.717) is 5.56 Å². The third-order valence-electron chi connectivity index (χ3n) is 4.27. The van der Waals surface area contributed by atoms with Crippen LogP contribution in [-0.2, 0) is 6.54 Å². The van der Waals surface area contributed by atoms with Gasteiger partial charge in [-0.1, -0.05) is 17.7 Å². The van der Waals surface area contributed by atoms with E-state index >= 15 is 0 Å². The van der Waals surface area contributed by atoms with Crippen molar-refractivity contribution in [1.82, 2.24) is 15.2 Å². The van der Waals surface area contributed by atoms with Crippen molar-refractivity contribution in [3.8, 4) is 0 Å². The van der Waals surface area contributed by atoms with E-state index in [9.17, 15) is 18.8 Å². The van der Waals surface area contributed by atoms with Crippen molar-refractivity contribution in [2.45, 2.75) is 39.3 Å². The quantitative estimate of drug-likeness (QED) is 0.706. The minimum absolute atomic E-state index is 0.0686. The molecule has 0 aliphatic heterocycles. The Bertz CT molecular complexity index is 951. The summed E-state index contributed by atoms with van der Waals surface area (Å²) in [6, 6.07) is 6.02. The van der Waals surface area contributed by atoms with Crippen molar-refractivity contribution in [3.63, 3.8) is 0 Å². The molecule has 29 heavy (non-hydrogen) atoms. The van der Waals surface area contributed by atoms with Crippen molar-refractivity contribution >= 4 is 11.8 Å². The highest BCUT2D eigenvalue weighted by atomic mass is 19.1. The summed E-state index contributed by atoms with van der Waals surface area (Å²) in [7, 11) is 1.41. The van der Waals surface area contributed by atoms with E-state index in [1.165, 1.54) is 29.9 Å². The van der Waals surface area contributed by atoms with E-state index in [1.54, 1.807) is 19.1 Å². The molecule has 1 saturated carbocycles. The zero-order valence-corrected chi connectivity index (χ0v) is 16.8. The van der Waals surface area contributed by atoms with E-state index in [0.717, 1.165) is 18.4 Å². The van der Waals surface area contributed by atoms with Crippen LogP contribution in [0.3, 0.4) is 0 Å². The Kier molecular flexibility index (Phi) is 7.67. The molecule has 0 radical (unpaired) electrons. The van der Waals surface area contributed by atoms with E-state index in [1.807, 2.05) is 6.92 Å². The standard InChI is InChI=1S/C19H20FN3O3.C2H6O/c1-11-3-6-16(20)12(7-11)9-23-10-13(17(24)22-14-4-5-14)8-15(19(23)26)18(25)21-2;1-2-3/h3,6-8,10,14H,4-5,9H2,1-2H3,(H,21,25)(H,22,24);3H,2H2,1H3.